The van der Waals surface area contributed by atoms with Crippen molar-refractivity contribution in [2.75, 3.05) is 17.3 Å². The molecule has 0 spiro atoms. The number of anilines is 2. The predicted molar refractivity (Wildman–Crippen MR) is 72.7 cm³/mol. The molecule has 1 heterocycles. The monoisotopic (exact) mass is 261 g/mol. The summed E-state index contributed by atoms with van der Waals surface area (Å²) in [5.74, 6) is -0.122. The maximum absolute atomic E-state index is 11.5. The average molecular weight is 261 g/mol. The number of carbonyl (C=O) groups is 2. The van der Waals surface area contributed by atoms with Crippen molar-refractivity contribution in [3.63, 3.8) is 0 Å². The molecule has 7 heteroatoms. The SMILES string of the molecule is CC(=O)Nc1ccc(NN2CC(C)=NNC2=O)cc1. The molecule has 0 bridgehead atoms. The van der Waals surface area contributed by atoms with Gasteiger partial charge < -0.3 is 5.32 Å². The second kappa shape index (κ2) is 5.38. The molecule has 0 aromatic heterocycles. The van der Waals surface area contributed by atoms with E-state index in [1.54, 1.807) is 24.3 Å². The van der Waals surface area contributed by atoms with Crippen molar-refractivity contribution in [3.05, 3.63) is 24.3 Å². The van der Waals surface area contributed by atoms with Gasteiger partial charge in [-0.2, -0.15) is 5.10 Å². The van der Waals surface area contributed by atoms with Crippen LogP contribution in [0.5, 0.6) is 0 Å². The highest BCUT2D eigenvalue weighted by Gasteiger charge is 2.18. The Morgan fingerprint density at radius 1 is 1.32 bits per heavy atom. The first-order valence-electron chi connectivity index (χ1n) is 5.79. The molecule has 1 aliphatic heterocycles. The van der Waals surface area contributed by atoms with E-state index < -0.39 is 0 Å². The molecule has 0 atom stereocenters. The van der Waals surface area contributed by atoms with Crippen molar-refractivity contribution in [3.8, 4) is 0 Å². The van der Waals surface area contributed by atoms with Crippen LogP contribution in [-0.4, -0.2) is 29.2 Å². The number of nitrogens with zero attached hydrogens (tertiary/aromatic N) is 2. The summed E-state index contributed by atoms with van der Waals surface area (Å²) in [6.07, 6.45) is 0. The smallest absolute Gasteiger partial charge is 0.326 e. The third kappa shape index (κ3) is 3.44. The van der Waals surface area contributed by atoms with Crippen LogP contribution in [0.15, 0.2) is 29.4 Å². The summed E-state index contributed by atoms with van der Waals surface area (Å²) in [5.41, 5.74) is 7.63. The Bertz CT molecular complexity index is 523. The highest BCUT2D eigenvalue weighted by atomic mass is 16.2. The van der Waals surface area contributed by atoms with Crippen molar-refractivity contribution in [2.24, 2.45) is 5.10 Å². The summed E-state index contributed by atoms with van der Waals surface area (Å²) >= 11 is 0. The molecule has 0 saturated carbocycles. The molecule has 1 aliphatic rings. The van der Waals surface area contributed by atoms with Crippen LogP contribution in [-0.2, 0) is 4.79 Å². The van der Waals surface area contributed by atoms with Crippen LogP contribution >= 0.6 is 0 Å². The molecule has 0 aliphatic carbocycles. The van der Waals surface area contributed by atoms with Gasteiger partial charge in [-0.05, 0) is 31.2 Å². The maximum atomic E-state index is 11.5. The van der Waals surface area contributed by atoms with Gasteiger partial charge in [0.05, 0.1) is 17.9 Å². The van der Waals surface area contributed by atoms with Crippen molar-refractivity contribution in [2.45, 2.75) is 13.8 Å². The summed E-state index contributed by atoms with van der Waals surface area (Å²) in [4.78, 5) is 22.4. The van der Waals surface area contributed by atoms with Crippen LogP contribution in [0.3, 0.4) is 0 Å². The molecule has 0 radical (unpaired) electrons. The molecule has 3 amide bonds. The van der Waals surface area contributed by atoms with E-state index in [0.717, 1.165) is 11.4 Å². The third-order valence-electron chi connectivity index (χ3n) is 2.44. The molecular weight excluding hydrogens is 246 g/mol. The van der Waals surface area contributed by atoms with Crippen LogP contribution in [0.2, 0.25) is 0 Å². The van der Waals surface area contributed by atoms with Crippen molar-refractivity contribution < 1.29 is 9.59 Å². The second-order valence-electron chi connectivity index (χ2n) is 4.22. The fraction of sp³-hybridized carbons (Fsp3) is 0.250. The van der Waals surface area contributed by atoms with Crippen LogP contribution in [0.4, 0.5) is 16.2 Å². The minimum absolute atomic E-state index is 0.122. The van der Waals surface area contributed by atoms with E-state index in [9.17, 15) is 9.59 Å². The Labute approximate surface area is 110 Å². The molecule has 0 saturated heterocycles. The molecule has 2 rings (SSSR count). The number of hydrazone groups is 1. The van der Waals surface area contributed by atoms with Crippen LogP contribution in [0.25, 0.3) is 0 Å². The summed E-state index contributed by atoms with van der Waals surface area (Å²) in [7, 11) is 0. The lowest BCUT2D eigenvalue weighted by atomic mass is 10.3. The summed E-state index contributed by atoms with van der Waals surface area (Å²) < 4.78 is 0. The number of rotatable bonds is 3. The molecule has 1 aromatic carbocycles. The minimum atomic E-state index is -0.309. The number of hydrogen-bond acceptors (Lipinski definition) is 4. The highest BCUT2D eigenvalue weighted by Crippen LogP contribution is 2.14. The van der Waals surface area contributed by atoms with Crippen molar-refractivity contribution in [1.82, 2.24) is 10.4 Å². The molecule has 3 N–H and O–H groups in total. The van der Waals surface area contributed by atoms with E-state index in [-0.39, 0.29) is 11.9 Å². The number of hydrazine groups is 1. The molecule has 7 nitrogen and oxygen atoms in total. The quantitative estimate of drug-likeness (QED) is 0.768. The Hall–Kier alpha value is -2.57. The van der Waals surface area contributed by atoms with Gasteiger partial charge >= 0.3 is 6.03 Å². The van der Waals surface area contributed by atoms with Gasteiger partial charge in [-0.3, -0.25) is 10.2 Å². The van der Waals surface area contributed by atoms with Gasteiger partial charge in [0.25, 0.3) is 0 Å². The number of amides is 3. The van der Waals surface area contributed by atoms with E-state index in [2.05, 4.69) is 21.3 Å². The zero-order valence-electron chi connectivity index (χ0n) is 10.7. The Balaban J connectivity index is 2.01. The molecule has 100 valence electrons. The van der Waals surface area contributed by atoms with Gasteiger partial charge in [-0.1, -0.05) is 0 Å². The zero-order valence-corrected chi connectivity index (χ0v) is 10.7. The van der Waals surface area contributed by atoms with Gasteiger partial charge in [-0.25, -0.2) is 15.2 Å². The average Bonchev–Trinajstić information content (AvgIpc) is 2.35. The number of urea groups is 1. The van der Waals surface area contributed by atoms with Gasteiger partial charge in [0, 0.05) is 12.6 Å². The lowest BCUT2D eigenvalue weighted by Gasteiger charge is -2.26. The largest absolute Gasteiger partial charge is 0.356 e. The van der Waals surface area contributed by atoms with Gasteiger partial charge in [0.2, 0.25) is 5.91 Å². The summed E-state index contributed by atoms with van der Waals surface area (Å²) in [6.45, 7) is 3.69. The van der Waals surface area contributed by atoms with E-state index in [4.69, 9.17) is 0 Å². The third-order valence-corrected chi connectivity index (χ3v) is 2.44. The first-order valence-corrected chi connectivity index (χ1v) is 5.79. The molecule has 19 heavy (non-hydrogen) atoms. The van der Waals surface area contributed by atoms with Crippen LogP contribution in [0.1, 0.15) is 13.8 Å². The standard InChI is InChI=1S/C12H15N5O2/c1-8-7-17(12(19)15-14-8)16-11-5-3-10(4-6-11)13-9(2)18/h3-6,16H,7H2,1-2H3,(H,13,18)(H,15,19). The topological polar surface area (TPSA) is 85.8 Å². The second-order valence-corrected chi connectivity index (χ2v) is 4.22. The predicted octanol–water partition coefficient (Wildman–Crippen LogP) is 1.37. The normalized spacial score (nSPS) is 14.5. The Morgan fingerprint density at radius 2 is 1.95 bits per heavy atom. The van der Waals surface area contributed by atoms with Crippen molar-refractivity contribution in [1.29, 1.82) is 0 Å². The van der Waals surface area contributed by atoms with Crippen LogP contribution in [0, 0.1) is 0 Å². The first-order chi connectivity index (χ1) is 9.04. The van der Waals surface area contributed by atoms with E-state index >= 15 is 0 Å². The summed E-state index contributed by atoms with van der Waals surface area (Å²) in [6, 6.07) is 6.76. The number of benzene rings is 1. The van der Waals surface area contributed by atoms with Crippen LogP contribution < -0.4 is 16.2 Å². The molecule has 0 fully saturated rings. The van der Waals surface area contributed by atoms with Gasteiger partial charge in [-0.15, -0.1) is 0 Å². The Morgan fingerprint density at radius 3 is 2.58 bits per heavy atom. The number of carbonyl (C=O) groups excluding carboxylic acids is 2. The lowest BCUT2D eigenvalue weighted by Crippen LogP contribution is -2.48. The maximum Gasteiger partial charge on any atom is 0.356 e. The van der Waals surface area contributed by atoms with Crippen molar-refractivity contribution >= 4 is 29.0 Å². The first kappa shape index (κ1) is 12.9. The molecular formula is C12H15N5O2. The highest BCUT2D eigenvalue weighted by molar-refractivity contribution is 5.92. The molecule has 1 aromatic rings. The van der Waals surface area contributed by atoms with Gasteiger partial charge in [0.15, 0.2) is 0 Å². The number of nitrogens with one attached hydrogen (secondary N) is 3. The van der Waals surface area contributed by atoms with E-state index in [0.29, 0.717) is 12.2 Å². The Kier molecular flexibility index (Phi) is 3.65. The van der Waals surface area contributed by atoms with E-state index in [1.807, 2.05) is 6.92 Å². The minimum Gasteiger partial charge on any atom is -0.326 e. The fourth-order valence-corrected chi connectivity index (χ4v) is 1.62. The van der Waals surface area contributed by atoms with E-state index in [1.165, 1.54) is 11.9 Å². The van der Waals surface area contributed by atoms with Gasteiger partial charge in [0.1, 0.15) is 0 Å². The molecule has 0 unspecified atom stereocenters. The zero-order chi connectivity index (χ0) is 13.8. The number of hydrogen-bond donors (Lipinski definition) is 3. The lowest BCUT2D eigenvalue weighted by molar-refractivity contribution is -0.114. The summed E-state index contributed by atoms with van der Waals surface area (Å²) in [5, 5.41) is 7.94. The fourth-order valence-electron chi connectivity index (χ4n) is 1.62.